The van der Waals surface area contributed by atoms with Crippen molar-refractivity contribution in [3.63, 3.8) is 0 Å². The highest BCUT2D eigenvalue weighted by Gasteiger charge is 2.35. The van der Waals surface area contributed by atoms with Crippen LogP contribution >= 0.6 is 0 Å². The molecule has 0 radical (unpaired) electrons. The number of fused-ring (bicyclic) bond motifs is 1. The summed E-state index contributed by atoms with van der Waals surface area (Å²) >= 11 is 0. The lowest BCUT2D eigenvalue weighted by Crippen LogP contribution is -2.42. The zero-order valence-corrected chi connectivity index (χ0v) is 11.5. The molecule has 3 heterocycles. The third-order valence-corrected chi connectivity index (χ3v) is 4.52. The van der Waals surface area contributed by atoms with E-state index in [2.05, 4.69) is 15.0 Å². The lowest BCUT2D eigenvalue weighted by Gasteiger charge is -2.33. The molecule has 2 saturated heterocycles. The molecule has 1 aromatic rings. The van der Waals surface area contributed by atoms with Gasteiger partial charge in [0, 0.05) is 18.5 Å². The number of aromatic nitrogens is 2. The van der Waals surface area contributed by atoms with Crippen LogP contribution in [0.2, 0.25) is 0 Å². The topological polar surface area (TPSA) is 68.5 Å². The minimum Gasteiger partial charge on any atom is -0.367 e. The summed E-state index contributed by atoms with van der Waals surface area (Å²) in [6, 6.07) is 0.564. The third kappa shape index (κ3) is 2.38. The molecule has 2 aliphatic heterocycles. The van der Waals surface area contributed by atoms with Crippen molar-refractivity contribution in [3.8, 4) is 0 Å². The van der Waals surface area contributed by atoms with Gasteiger partial charge in [0.2, 0.25) is 11.7 Å². The Bertz CT molecular complexity index is 512. The van der Waals surface area contributed by atoms with E-state index in [4.69, 9.17) is 9.26 Å². The smallest absolute Gasteiger partial charge is 0.234 e. The van der Waals surface area contributed by atoms with E-state index in [0.717, 1.165) is 32.5 Å². The van der Waals surface area contributed by atoms with Crippen molar-refractivity contribution >= 4 is 5.78 Å². The fourth-order valence-corrected chi connectivity index (χ4v) is 3.14. The van der Waals surface area contributed by atoms with Crippen molar-refractivity contribution in [1.29, 1.82) is 0 Å². The van der Waals surface area contributed by atoms with Gasteiger partial charge in [0.1, 0.15) is 11.9 Å². The Hall–Kier alpha value is -1.27. The molecule has 3 fully saturated rings. The Morgan fingerprint density at radius 2 is 2.25 bits per heavy atom. The number of Topliss-reactive ketones (excluding diaryl/α,β-unsaturated/α-hetero) is 1. The van der Waals surface area contributed by atoms with Crippen LogP contribution in [-0.4, -0.2) is 46.6 Å². The summed E-state index contributed by atoms with van der Waals surface area (Å²) in [5.41, 5.74) is 0. The molecule has 3 aliphatic rings. The van der Waals surface area contributed by atoms with Crippen LogP contribution in [0.4, 0.5) is 0 Å². The Morgan fingerprint density at radius 1 is 1.35 bits per heavy atom. The van der Waals surface area contributed by atoms with Gasteiger partial charge >= 0.3 is 0 Å². The molecule has 2 atom stereocenters. The average molecular weight is 277 g/mol. The molecule has 0 bridgehead atoms. The highest BCUT2D eigenvalue weighted by Crippen LogP contribution is 2.31. The van der Waals surface area contributed by atoms with Gasteiger partial charge in [-0.2, -0.15) is 4.98 Å². The summed E-state index contributed by atoms with van der Waals surface area (Å²) in [4.78, 5) is 18.5. The minimum atomic E-state index is -0.113. The van der Waals surface area contributed by atoms with Gasteiger partial charge in [0.25, 0.3) is 0 Å². The van der Waals surface area contributed by atoms with E-state index in [1.165, 1.54) is 12.8 Å². The number of hydrogen-bond donors (Lipinski definition) is 0. The van der Waals surface area contributed by atoms with Gasteiger partial charge in [0.15, 0.2) is 0 Å². The van der Waals surface area contributed by atoms with Gasteiger partial charge < -0.3 is 9.26 Å². The summed E-state index contributed by atoms with van der Waals surface area (Å²) in [6.07, 6.45) is 4.66. The zero-order valence-electron chi connectivity index (χ0n) is 11.5. The zero-order chi connectivity index (χ0) is 13.5. The molecule has 0 amide bonds. The number of morpholine rings is 1. The molecule has 2 unspecified atom stereocenters. The summed E-state index contributed by atoms with van der Waals surface area (Å²) in [5, 5.41) is 4.00. The first kappa shape index (κ1) is 12.5. The maximum absolute atomic E-state index is 11.7. The number of nitrogens with zero attached hydrogens (tertiary/aromatic N) is 3. The highest BCUT2D eigenvalue weighted by atomic mass is 16.5. The van der Waals surface area contributed by atoms with Gasteiger partial charge in [-0.15, -0.1) is 0 Å². The number of carbonyl (C=O) groups excluding carboxylic acids is 1. The van der Waals surface area contributed by atoms with Crippen LogP contribution in [0.15, 0.2) is 4.52 Å². The second kappa shape index (κ2) is 4.93. The van der Waals surface area contributed by atoms with E-state index in [1.54, 1.807) is 0 Å². The Balaban J connectivity index is 1.41. The Kier molecular flexibility index (Phi) is 3.07. The molecule has 4 rings (SSSR count). The van der Waals surface area contributed by atoms with Crippen LogP contribution < -0.4 is 0 Å². The van der Waals surface area contributed by atoms with E-state index in [9.17, 15) is 4.79 Å². The quantitative estimate of drug-likeness (QED) is 0.821. The normalized spacial score (nSPS) is 30.4. The second-order valence-corrected chi connectivity index (χ2v) is 6.08. The maximum Gasteiger partial charge on any atom is 0.234 e. The Morgan fingerprint density at radius 3 is 3.10 bits per heavy atom. The van der Waals surface area contributed by atoms with Crippen LogP contribution in [0.1, 0.15) is 43.5 Å². The van der Waals surface area contributed by atoms with Crippen LogP contribution in [0.25, 0.3) is 0 Å². The summed E-state index contributed by atoms with van der Waals surface area (Å²) < 4.78 is 11.0. The monoisotopic (exact) mass is 277 g/mol. The van der Waals surface area contributed by atoms with E-state index < -0.39 is 0 Å². The highest BCUT2D eigenvalue weighted by molar-refractivity contribution is 5.84. The number of rotatable bonds is 4. The van der Waals surface area contributed by atoms with Gasteiger partial charge in [-0.05, 0) is 32.2 Å². The number of ether oxygens (including phenoxy) is 1. The Labute approximate surface area is 117 Å². The third-order valence-electron chi connectivity index (χ3n) is 4.52. The molecule has 0 N–H and O–H groups in total. The molecule has 1 saturated carbocycles. The fourth-order valence-electron chi connectivity index (χ4n) is 3.14. The predicted molar refractivity (Wildman–Crippen MR) is 69.0 cm³/mol. The summed E-state index contributed by atoms with van der Waals surface area (Å²) in [7, 11) is 0. The van der Waals surface area contributed by atoms with E-state index in [-0.39, 0.29) is 24.2 Å². The van der Waals surface area contributed by atoms with Gasteiger partial charge in [-0.1, -0.05) is 5.16 Å². The molecular formula is C14H19N3O3. The molecule has 6 heteroatoms. The van der Waals surface area contributed by atoms with Crippen molar-refractivity contribution in [1.82, 2.24) is 15.0 Å². The maximum atomic E-state index is 11.7. The number of carbonyl (C=O) groups is 1. The van der Waals surface area contributed by atoms with E-state index in [1.807, 2.05) is 0 Å². The molecule has 1 aliphatic carbocycles. The van der Waals surface area contributed by atoms with Gasteiger partial charge in [0.05, 0.1) is 13.0 Å². The predicted octanol–water partition coefficient (Wildman–Crippen LogP) is 1.13. The number of ketones is 1. The van der Waals surface area contributed by atoms with Crippen molar-refractivity contribution in [2.45, 2.75) is 44.2 Å². The van der Waals surface area contributed by atoms with Gasteiger partial charge in [-0.3, -0.25) is 9.69 Å². The summed E-state index contributed by atoms with van der Waals surface area (Å²) in [6.45, 7) is 2.71. The summed E-state index contributed by atoms with van der Waals surface area (Å²) in [5.74, 6) is 1.49. The molecule has 0 aromatic carbocycles. The minimum absolute atomic E-state index is 0.113. The SMILES string of the molecule is O=C(Cc1nc(C2CN3CCCC3CO2)no1)C1CC1. The first-order valence-electron chi connectivity index (χ1n) is 7.50. The molecule has 1 aromatic heterocycles. The van der Waals surface area contributed by atoms with Crippen molar-refractivity contribution < 1.29 is 14.1 Å². The first-order valence-corrected chi connectivity index (χ1v) is 7.50. The average Bonchev–Trinajstić information content (AvgIpc) is 3.03. The van der Waals surface area contributed by atoms with Crippen molar-refractivity contribution in [3.05, 3.63) is 11.7 Å². The van der Waals surface area contributed by atoms with E-state index in [0.29, 0.717) is 17.8 Å². The van der Waals surface area contributed by atoms with Crippen molar-refractivity contribution in [2.75, 3.05) is 19.7 Å². The van der Waals surface area contributed by atoms with Crippen LogP contribution in [0, 0.1) is 5.92 Å². The largest absolute Gasteiger partial charge is 0.367 e. The van der Waals surface area contributed by atoms with Crippen LogP contribution in [0.5, 0.6) is 0 Å². The molecule has 108 valence electrons. The molecule has 20 heavy (non-hydrogen) atoms. The van der Waals surface area contributed by atoms with E-state index >= 15 is 0 Å². The van der Waals surface area contributed by atoms with Gasteiger partial charge in [-0.25, -0.2) is 0 Å². The van der Waals surface area contributed by atoms with Crippen LogP contribution in [0.3, 0.4) is 0 Å². The lowest BCUT2D eigenvalue weighted by molar-refractivity contribution is -0.119. The lowest BCUT2D eigenvalue weighted by atomic mass is 10.2. The molecular weight excluding hydrogens is 258 g/mol. The molecule has 0 spiro atoms. The van der Waals surface area contributed by atoms with Crippen molar-refractivity contribution in [2.24, 2.45) is 5.92 Å². The van der Waals surface area contributed by atoms with Crippen LogP contribution in [-0.2, 0) is 16.0 Å². The second-order valence-electron chi connectivity index (χ2n) is 6.08. The first-order chi connectivity index (χ1) is 9.79. The standard InChI is InChI=1S/C14H19N3O3/c18-11(9-3-4-9)6-13-15-14(16-20-13)12-7-17-5-1-2-10(17)8-19-12/h9-10,12H,1-8H2. The molecule has 6 nitrogen and oxygen atoms in total. The number of hydrogen-bond acceptors (Lipinski definition) is 6. The fraction of sp³-hybridized carbons (Fsp3) is 0.786.